The Balaban J connectivity index is 1.55. The van der Waals surface area contributed by atoms with E-state index in [0.717, 1.165) is 11.0 Å². The van der Waals surface area contributed by atoms with Crippen molar-refractivity contribution >= 4 is 23.5 Å². The monoisotopic (exact) mass is 442 g/mol. The normalized spacial score (nSPS) is 17.5. The number of amides is 4. The first kappa shape index (κ1) is 22.9. The van der Waals surface area contributed by atoms with Crippen molar-refractivity contribution in [1.29, 1.82) is 0 Å². The second-order valence-electron chi connectivity index (χ2n) is 7.50. The number of hydrogen-bond acceptors (Lipinski definition) is 5. The molecule has 2 heterocycles. The average molecular weight is 442 g/mol. The van der Waals surface area contributed by atoms with E-state index in [0.29, 0.717) is 32.0 Å². The highest BCUT2D eigenvalue weighted by Crippen LogP contribution is 2.35. The van der Waals surface area contributed by atoms with E-state index < -0.39 is 23.7 Å². The zero-order valence-corrected chi connectivity index (χ0v) is 17.2. The molecule has 1 aromatic carbocycles. The van der Waals surface area contributed by atoms with Crippen molar-refractivity contribution in [2.45, 2.75) is 25.6 Å². The van der Waals surface area contributed by atoms with E-state index in [-0.39, 0.29) is 43.9 Å². The van der Waals surface area contributed by atoms with Gasteiger partial charge in [-0.3, -0.25) is 14.5 Å². The van der Waals surface area contributed by atoms with Gasteiger partial charge in [-0.15, -0.1) is 0 Å². The smallest absolute Gasteiger partial charge is 0.378 e. The number of halogens is 3. The maximum Gasteiger partial charge on any atom is 0.416 e. The molecule has 0 saturated carbocycles. The number of imide groups is 1. The summed E-state index contributed by atoms with van der Waals surface area (Å²) in [6.45, 7) is 1.80. The van der Waals surface area contributed by atoms with Gasteiger partial charge in [0.15, 0.2) is 0 Å². The Hall–Kier alpha value is -2.82. The van der Waals surface area contributed by atoms with Crippen LogP contribution >= 0.6 is 0 Å². The minimum Gasteiger partial charge on any atom is -0.378 e. The summed E-state index contributed by atoms with van der Waals surface area (Å²) in [5.41, 5.74) is -0.340. The van der Waals surface area contributed by atoms with E-state index in [2.05, 4.69) is 5.32 Å². The summed E-state index contributed by atoms with van der Waals surface area (Å²) in [5, 5.41) is 2.50. The van der Waals surface area contributed by atoms with Crippen molar-refractivity contribution in [3.05, 3.63) is 29.3 Å². The average Bonchev–Trinajstić information content (AvgIpc) is 2.98. The predicted molar refractivity (Wildman–Crippen MR) is 105 cm³/mol. The Bertz CT molecular complexity index is 840. The highest BCUT2D eigenvalue weighted by molar-refractivity contribution is 6.01. The van der Waals surface area contributed by atoms with Crippen LogP contribution in [-0.2, 0) is 27.0 Å². The number of carbonyl (C=O) groups excluding carboxylic acids is 3. The Labute approximate surface area is 177 Å². The number of anilines is 1. The number of likely N-dealkylation sites (N-methyl/N-ethyl adjacent to an activating group) is 1. The number of alkyl halides is 3. The Kier molecular flexibility index (Phi) is 7.04. The molecule has 0 bridgehead atoms. The van der Waals surface area contributed by atoms with Gasteiger partial charge in [-0.05, 0) is 24.1 Å². The summed E-state index contributed by atoms with van der Waals surface area (Å²) in [5.74, 6) is -0.777. The van der Waals surface area contributed by atoms with Gasteiger partial charge in [0.25, 0.3) is 0 Å². The highest BCUT2D eigenvalue weighted by atomic mass is 19.4. The van der Waals surface area contributed by atoms with Crippen LogP contribution in [0, 0.1) is 0 Å². The van der Waals surface area contributed by atoms with Gasteiger partial charge in [-0.1, -0.05) is 6.07 Å². The molecule has 2 fully saturated rings. The number of nitrogens with one attached hydrogen (secondary N) is 1. The fourth-order valence-electron chi connectivity index (χ4n) is 3.57. The fourth-order valence-corrected chi connectivity index (χ4v) is 3.57. The maximum absolute atomic E-state index is 13.6. The fraction of sp³-hybridized carbons (Fsp3) is 0.550. The molecular formula is C20H25F3N4O4. The van der Waals surface area contributed by atoms with Crippen molar-refractivity contribution < 1.29 is 32.3 Å². The van der Waals surface area contributed by atoms with Crippen LogP contribution in [0.5, 0.6) is 0 Å². The molecule has 170 valence electrons. The molecule has 0 spiro atoms. The Morgan fingerprint density at radius 2 is 1.90 bits per heavy atom. The van der Waals surface area contributed by atoms with Gasteiger partial charge in [-0.2, -0.15) is 13.2 Å². The van der Waals surface area contributed by atoms with E-state index >= 15 is 0 Å². The van der Waals surface area contributed by atoms with Crippen LogP contribution in [0.25, 0.3) is 0 Å². The van der Waals surface area contributed by atoms with Crippen LogP contribution in [-0.4, -0.2) is 74.1 Å². The Morgan fingerprint density at radius 3 is 2.52 bits per heavy atom. The zero-order valence-electron chi connectivity index (χ0n) is 17.2. The quantitative estimate of drug-likeness (QED) is 0.652. The third-order valence-electron chi connectivity index (χ3n) is 5.27. The van der Waals surface area contributed by atoms with Crippen molar-refractivity contribution in [2.75, 3.05) is 51.3 Å². The standard InChI is InChI=1S/C20H25F3N4O4/c1-25-13-18(29)27(19(25)30)6-2-3-17(28)24-12-14-4-5-15(11-16(14)20(21,22)23)26-7-9-31-10-8-26/h4-5,11H,2-3,6-10,12-13H2,1H3,(H,24,28). The summed E-state index contributed by atoms with van der Waals surface area (Å²) in [4.78, 5) is 39.8. The highest BCUT2D eigenvalue weighted by Gasteiger charge is 2.34. The first-order valence-electron chi connectivity index (χ1n) is 10.0. The topological polar surface area (TPSA) is 82.2 Å². The van der Waals surface area contributed by atoms with Crippen molar-refractivity contribution in [3.63, 3.8) is 0 Å². The van der Waals surface area contributed by atoms with E-state index in [1.807, 2.05) is 4.90 Å². The molecule has 2 aliphatic heterocycles. The second kappa shape index (κ2) is 9.54. The molecule has 8 nitrogen and oxygen atoms in total. The van der Waals surface area contributed by atoms with Gasteiger partial charge >= 0.3 is 12.2 Å². The molecule has 31 heavy (non-hydrogen) atoms. The second-order valence-corrected chi connectivity index (χ2v) is 7.50. The molecule has 0 atom stereocenters. The molecule has 3 rings (SSSR count). The predicted octanol–water partition coefficient (Wildman–Crippen LogP) is 1.83. The SMILES string of the molecule is CN1CC(=O)N(CCCC(=O)NCc2ccc(N3CCOCC3)cc2C(F)(F)F)C1=O. The van der Waals surface area contributed by atoms with Crippen LogP contribution in [0.15, 0.2) is 18.2 Å². The number of morpholine rings is 1. The molecule has 11 heteroatoms. The first-order chi connectivity index (χ1) is 14.7. The molecule has 2 saturated heterocycles. The van der Waals surface area contributed by atoms with E-state index in [4.69, 9.17) is 4.74 Å². The molecule has 0 radical (unpaired) electrons. The largest absolute Gasteiger partial charge is 0.416 e. The van der Waals surface area contributed by atoms with Gasteiger partial charge in [-0.25, -0.2) is 4.79 Å². The lowest BCUT2D eigenvalue weighted by molar-refractivity contribution is -0.138. The maximum atomic E-state index is 13.6. The lowest BCUT2D eigenvalue weighted by Crippen LogP contribution is -2.36. The summed E-state index contributed by atoms with van der Waals surface area (Å²) in [6, 6.07) is 3.68. The van der Waals surface area contributed by atoms with E-state index in [9.17, 15) is 27.6 Å². The molecule has 0 unspecified atom stereocenters. The molecule has 0 aliphatic carbocycles. The minimum atomic E-state index is -4.55. The number of ether oxygens (including phenoxy) is 1. The van der Waals surface area contributed by atoms with Crippen LogP contribution in [0.1, 0.15) is 24.0 Å². The molecular weight excluding hydrogens is 417 g/mol. The van der Waals surface area contributed by atoms with Crippen LogP contribution in [0.3, 0.4) is 0 Å². The van der Waals surface area contributed by atoms with Gasteiger partial charge in [0, 0.05) is 45.3 Å². The lowest BCUT2D eigenvalue weighted by Gasteiger charge is -2.29. The molecule has 4 amide bonds. The van der Waals surface area contributed by atoms with Gasteiger partial charge in [0.05, 0.1) is 18.8 Å². The van der Waals surface area contributed by atoms with Crippen molar-refractivity contribution in [2.24, 2.45) is 0 Å². The molecule has 2 aliphatic rings. The first-order valence-corrected chi connectivity index (χ1v) is 10.0. The van der Waals surface area contributed by atoms with Gasteiger partial charge in [0.2, 0.25) is 11.8 Å². The molecule has 1 aromatic rings. The third kappa shape index (κ3) is 5.66. The number of carbonyl (C=O) groups is 3. The number of urea groups is 1. The molecule has 1 N–H and O–H groups in total. The summed E-state index contributed by atoms with van der Waals surface area (Å²) in [7, 11) is 1.51. The number of nitrogens with zero attached hydrogens (tertiary/aromatic N) is 3. The molecule has 0 aromatic heterocycles. The van der Waals surface area contributed by atoms with E-state index in [1.165, 1.54) is 18.0 Å². The summed E-state index contributed by atoms with van der Waals surface area (Å²) in [6.07, 6.45) is -4.32. The van der Waals surface area contributed by atoms with Crippen molar-refractivity contribution in [3.8, 4) is 0 Å². The van der Waals surface area contributed by atoms with Crippen LogP contribution in [0.4, 0.5) is 23.7 Å². The minimum absolute atomic E-state index is 0.00565. The number of hydrogen-bond donors (Lipinski definition) is 1. The lowest BCUT2D eigenvalue weighted by atomic mass is 10.0. The summed E-state index contributed by atoms with van der Waals surface area (Å²) >= 11 is 0. The van der Waals surface area contributed by atoms with Crippen molar-refractivity contribution in [1.82, 2.24) is 15.1 Å². The zero-order chi connectivity index (χ0) is 22.6. The Morgan fingerprint density at radius 1 is 1.19 bits per heavy atom. The van der Waals surface area contributed by atoms with Gasteiger partial charge < -0.3 is 19.9 Å². The van der Waals surface area contributed by atoms with Crippen LogP contribution < -0.4 is 10.2 Å². The van der Waals surface area contributed by atoms with Crippen LogP contribution in [0.2, 0.25) is 0 Å². The number of rotatable bonds is 7. The van der Waals surface area contributed by atoms with E-state index in [1.54, 1.807) is 6.07 Å². The summed E-state index contributed by atoms with van der Waals surface area (Å²) < 4.78 is 45.9. The third-order valence-corrected chi connectivity index (χ3v) is 5.27. The number of benzene rings is 1. The van der Waals surface area contributed by atoms with Gasteiger partial charge in [0.1, 0.15) is 6.54 Å².